The van der Waals surface area contributed by atoms with Crippen LogP contribution in [0.5, 0.6) is 40.2 Å². The first kappa shape index (κ1) is 35.1. The number of ether oxygens (including phenoxy) is 10. The molecule has 46 heavy (non-hydrogen) atoms. The van der Waals surface area contributed by atoms with E-state index in [1.807, 2.05) is 0 Å². The van der Waals surface area contributed by atoms with Gasteiger partial charge in [0.25, 0.3) is 0 Å². The molecule has 17 heteroatoms. The van der Waals surface area contributed by atoms with Crippen LogP contribution in [0.4, 0.5) is 0 Å². The Morgan fingerprint density at radius 2 is 1.41 bits per heavy atom. The number of phenolic OH excluding ortho intramolecular Hbond substituents is 1. The van der Waals surface area contributed by atoms with Gasteiger partial charge in [-0.15, -0.1) is 0 Å². The highest BCUT2D eigenvalue weighted by Gasteiger charge is 2.51. The van der Waals surface area contributed by atoms with E-state index in [1.54, 1.807) is 0 Å². The Morgan fingerprint density at radius 1 is 0.826 bits per heavy atom. The van der Waals surface area contributed by atoms with Gasteiger partial charge in [0.15, 0.2) is 34.9 Å². The van der Waals surface area contributed by atoms with Crippen LogP contribution in [0.1, 0.15) is 10.4 Å². The summed E-state index contributed by atoms with van der Waals surface area (Å²) in [6.45, 7) is -1.71. The van der Waals surface area contributed by atoms with Crippen LogP contribution in [0.3, 0.4) is 0 Å². The smallest absolute Gasteiger partial charge is 0.338 e. The maximum Gasteiger partial charge on any atom is 0.338 e. The van der Waals surface area contributed by atoms with Gasteiger partial charge in [0.1, 0.15) is 42.9 Å². The molecule has 0 spiro atoms. The molecule has 8 atom stereocenters. The molecule has 0 radical (unpaired) electrons. The Balaban J connectivity index is 1.37. The van der Waals surface area contributed by atoms with Gasteiger partial charge in [0.2, 0.25) is 17.8 Å². The number of carbonyl (C=O) groups excluding carboxylic acids is 1. The van der Waals surface area contributed by atoms with Crippen molar-refractivity contribution in [3.8, 4) is 40.2 Å². The molecule has 2 fully saturated rings. The Kier molecular flexibility index (Phi) is 11.2. The number of phenols is 1. The van der Waals surface area contributed by atoms with Crippen LogP contribution >= 0.6 is 0 Å². The van der Waals surface area contributed by atoms with Crippen LogP contribution in [-0.4, -0.2) is 141 Å². The summed E-state index contributed by atoms with van der Waals surface area (Å²) < 4.78 is 53.4. The van der Waals surface area contributed by atoms with Crippen molar-refractivity contribution in [2.75, 3.05) is 55.4 Å². The molecule has 2 aliphatic heterocycles. The van der Waals surface area contributed by atoms with Crippen molar-refractivity contribution < 1.29 is 82.8 Å². The van der Waals surface area contributed by atoms with E-state index in [1.165, 1.54) is 59.8 Å². The van der Waals surface area contributed by atoms with Gasteiger partial charge in [-0.25, -0.2) is 4.79 Å². The number of aliphatic hydroxyl groups is 5. The molecule has 0 amide bonds. The lowest BCUT2D eigenvalue weighted by molar-refractivity contribution is -0.289. The summed E-state index contributed by atoms with van der Waals surface area (Å²) in [7, 11) is 6.78. The molecular formula is C29H38O17. The summed E-state index contributed by atoms with van der Waals surface area (Å²) in [5.74, 6) is -0.465. The van der Waals surface area contributed by atoms with Gasteiger partial charge >= 0.3 is 5.97 Å². The molecule has 2 aliphatic rings. The number of carbonyl (C=O) groups is 1. The molecule has 0 unspecified atom stereocenters. The fourth-order valence-corrected chi connectivity index (χ4v) is 4.81. The van der Waals surface area contributed by atoms with E-state index >= 15 is 0 Å². The van der Waals surface area contributed by atoms with Crippen molar-refractivity contribution in [3.63, 3.8) is 0 Å². The van der Waals surface area contributed by atoms with E-state index in [2.05, 4.69) is 0 Å². The average Bonchev–Trinajstić information content (AvgIpc) is 3.35. The third-order valence-electron chi connectivity index (χ3n) is 7.46. The fraction of sp³-hybridized carbons (Fsp3) is 0.552. The minimum atomic E-state index is -2.09. The van der Waals surface area contributed by atoms with Crippen LogP contribution in [0.2, 0.25) is 0 Å². The molecule has 4 rings (SSSR count). The van der Waals surface area contributed by atoms with Crippen LogP contribution in [0.25, 0.3) is 0 Å². The minimum absolute atomic E-state index is 0.0523. The summed E-state index contributed by atoms with van der Waals surface area (Å²) in [4.78, 5) is 12.7. The zero-order valence-electron chi connectivity index (χ0n) is 25.6. The largest absolute Gasteiger partial charge is 0.502 e. The standard InChI is InChI=1S/C29H38O17/c1-37-15-6-13(7-16(38-2)20(15)30)26(35)43-11-29(36)12-44-28(25(29)34)42-10-19-21(31)22(32)23(33)27(46-19)45-14-8-17(39-3)24(41-5)18(9-14)40-4/h6-9,19,21-23,25,27-28,30-34,36H,10-12H2,1-5H3/t19-,21-,22+,23-,25+,27-,28-,29-/m1/s1. The highest BCUT2D eigenvalue weighted by Crippen LogP contribution is 2.42. The van der Waals surface area contributed by atoms with E-state index in [4.69, 9.17) is 47.4 Å². The molecule has 0 bridgehead atoms. The number of esters is 1. The molecular weight excluding hydrogens is 620 g/mol. The average molecular weight is 659 g/mol. The molecule has 2 aromatic carbocycles. The molecule has 2 saturated heterocycles. The normalized spacial score (nSPS) is 29.1. The first-order valence-electron chi connectivity index (χ1n) is 13.8. The van der Waals surface area contributed by atoms with E-state index in [9.17, 15) is 35.4 Å². The number of aliphatic hydroxyl groups excluding tert-OH is 4. The van der Waals surface area contributed by atoms with Crippen LogP contribution in [-0.2, 0) is 18.9 Å². The second-order valence-electron chi connectivity index (χ2n) is 10.4. The van der Waals surface area contributed by atoms with E-state index in [-0.39, 0.29) is 45.8 Å². The maximum atomic E-state index is 12.7. The number of hydrogen-bond acceptors (Lipinski definition) is 17. The lowest BCUT2D eigenvalue weighted by Gasteiger charge is -2.40. The molecule has 6 N–H and O–H groups in total. The lowest BCUT2D eigenvalue weighted by Crippen LogP contribution is -2.60. The zero-order chi connectivity index (χ0) is 33.8. The fourth-order valence-electron chi connectivity index (χ4n) is 4.81. The quantitative estimate of drug-likeness (QED) is 0.141. The van der Waals surface area contributed by atoms with E-state index < -0.39 is 74.5 Å². The van der Waals surface area contributed by atoms with Gasteiger partial charge in [-0.05, 0) is 12.1 Å². The molecule has 17 nitrogen and oxygen atoms in total. The van der Waals surface area contributed by atoms with Gasteiger partial charge in [-0.3, -0.25) is 0 Å². The number of hydrogen-bond donors (Lipinski definition) is 6. The second-order valence-corrected chi connectivity index (χ2v) is 10.4. The van der Waals surface area contributed by atoms with Gasteiger partial charge in [0, 0.05) is 12.1 Å². The van der Waals surface area contributed by atoms with Gasteiger partial charge < -0.3 is 78.0 Å². The third-order valence-corrected chi connectivity index (χ3v) is 7.46. The van der Waals surface area contributed by atoms with Crippen LogP contribution in [0, 0.1) is 0 Å². The van der Waals surface area contributed by atoms with Gasteiger partial charge in [-0.1, -0.05) is 0 Å². The van der Waals surface area contributed by atoms with Crippen molar-refractivity contribution in [2.24, 2.45) is 0 Å². The van der Waals surface area contributed by atoms with Crippen LogP contribution in [0.15, 0.2) is 24.3 Å². The molecule has 0 aromatic heterocycles. The Labute approximate surface area is 263 Å². The van der Waals surface area contributed by atoms with Crippen molar-refractivity contribution in [1.29, 1.82) is 0 Å². The zero-order valence-corrected chi connectivity index (χ0v) is 25.6. The second kappa shape index (κ2) is 14.7. The van der Waals surface area contributed by atoms with Crippen molar-refractivity contribution in [2.45, 2.75) is 48.7 Å². The summed E-state index contributed by atoms with van der Waals surface area (Å²) in [6.07, 6.45) is -11.1. The van der Waals surface area contributed by atoms with Gasteiger partial charge in [-0.2, -0.15) is 0 Å². The van der Waals surface area contributed by atoms with E-state index in [0.717, 1.165) is 0 Å². The SMILES string of the molecule is COc1cc(C(=O)OC[C@@]2(O)CO[C@@H](OC[C@H]3O[C@@H](Oc4cc(OC)c(OC)c(OC)c4)[C@H](O)[C@@H](O)[C@@H]3O)[C@@H]2O)cc(OC)c1O. The topological polar surface area (TPSA) is 231 Å². The predicted octanol–water partition coefficient (Wildman–Crippen LogP) is -1.06. The maximum absolute atomic E-state index is 12.7. The van der Waals surface area contributed by atoms with Crippen molar-refractivity contribution >= 4 is 5.97 Å². The van der Waals surface area contributed by atoms with Gasteiger partial charge in [0.05, 0.1) is 54.3 Å². The lowest BCUT2D eigenvalue weighted by atomic mass is 9.99. The molecule has 0 saturated carbocycles. The van der Waals surface area contributed by atoms with E-state index in [0.29, 0.717) is 0 Å². The number of methoxy groups -OCH3 is 5. The molecule has 2 aromatic rings. The number of benzene rings is 2. The summed E-state index contributed by atoms with van der Waals surface area (Å²) in [6, 6.07) is 5.28. The van der Waals surface area contributed by atoms with Crippen molar-refractivity contribution in [3.05, 3.63) is 29.8 Å². The highest BCUT2D eigenvalue weighted by atomic mass is 16.7. The Morgan fingerprint density at radius 3 is 1.96 bits per heavy atom. The number of rotatable bonds is 13. The molecule has 0 aliphatic carbocycles. The predicted molar refractivity (Wildman–Crippen MR) is 152 cm³/mol. The monoisotopic (exact) mass is 658 g/mol. The first-order valence-corrected chi connectivity index (χ1v) is 13.8. The first-order chi connectivity index (χ1) is 21.9. The Hall–Kier alpha value is -3.81. The number of aromatic hydroxyl groups is 1. The summed E-state index contributed by atoms with van der Waals surface area (Å²) in [5, 5.41) is 63.3. The molecule has 256 valence electrons. The minimum Gasteiger partial charge on any atom is -0.502 e. The van der Waals surface area contributed by atoms with Crippen molar-refractivity contribution in [1.82, 2.24) is 0 Å². The van der Waals surface area contributed by atoms with Crippen LogP contribution < -0.4 is 28.4 Å². The molecule has 2 heterocycles. The summed E-state index contributed by atoms with van der Waals surface area (Å²) in [5.41, 5.74) is -2.16. The third kappa shape index (κ3) is 7.11. The Bertz CT molecular complexity index is 1300. The summed E-state index contributed by atoms with van der Waals surface area (Å²) >= 11 is 0. The highest BCUT2D eigenvalue weighted by molar-refractivity contribution is 5.91.